The van der Waals surface area contributed by atoms with Crippen LogP contribution in [0, 0.1) is 5.92 Å². The summed E-state index contributed by atoms with van der Waals surface area (Å²) in [6, 6.07) is 8.36. The molecule has 5 rings (SSSR count). The third kappa shape index (κ3) is 5.11. The first-order chi connectivity index (χ1) is 16.8. The van der Waals surface area contributed by atoms with Crippen LogP contribution in [0.4, 0.5) is 0 Å². The lowest BCUT2D eigenvalue weighted by molar-refractivity contribution is -0.0578. The van der Waals surface area contributed by atoms with Gasteiger partial charge in [0.15, 0.2) is 11.9 Å². The van der Waals surface area contributed by atoms with Crippen LogP contribution in [0.5, 0.6) is 5.75 Å². The molecule has 2 fully saturated rings. The van der Waals surface area contributed by atoms with Gasteiger partial charge >= 0.3 is 0 Å². The number of rotatable bonds is 6. The molecule has 190 valence electrons. The van der Waals surface area contributed by atoms with E-state index < -0.39 is 0 Å². The van der Waals surface area contributed by atoms with E-state index in [-0.39, 0.29) is 11.7 Å². The lowest BCUT2D eigenvalue weighted by Gasteiger charge is -2.35. The highest BCUT2D eigenvalue weighted by Crippen LogP contribution is 2.42. The van der Waals surface area contributed by atoms with Gasteiger partial charge in [0.1, 0.15) is 17.2 Å². The number of likely N-dealkylation sites (tertiary alicyclic amines) is 1. The summed E-state index contributed by atoms with van der Waals surface area (Å²) in [4.78, 5) is 8.44. The van der Waals surface area contributed by atoms with Crippen molar-refractivity contribution >= 4 is 5.71 Å². The van der Waals surface area contributed by atoms with Crippen molar-refractivity contribution in [2.45, 2.75) is 89.3 Å². The molecule has 1 unspecified atom stereocenters. The summed E-state index contributed by atoms with van der Waals surface area (Å²) in [6.07, 6.45) is 7.60. The summed E-state index contributed by atoms with van der Waals surface area (Å²) < 4.78 is 8.42. The predicted octanol–water partition coefficient (Wildman–Crippen LogP) is 5.59. The molecule has 0 bridgehead atoms. The molecule has 1 aromatic carbocycles. The van der Waals surface area contributed by atoms with Crippen molar-refractivity contribution in [2.75, 3.05) is 20.1 Å². The lowest BCUT2D eigenvalue weighted by atomic mass is 9.76. The number of benzene rings is 1. The van der Waals surface area contributed by atoms with E-state index in [0.717, 1.165) is 75.4 Å². The van der Waals surface area contributed by atoms with Gasteiger partial charge in [-0.05, 0) is 63.3 Å². The number of ether oxygens (including phenoxy) is 1. The minimum atomic E-state index is -0.157. The fourth-order valence-corrected chi connectivity index (χ4v) is 6.02. The van der Waals surface area contributed by atoms with Gasteiger partial charge in [-0.15, -0.1) is 10.2 Å². The number of nitrogens with zero attached hydrogens (tertiary/aromatic N) is 5. The maximum absolute atomic E-state index is 6.26. The number of piperidine rings is 1. The molecule has 0 radical (unpaired) electrons. The standard InChI is InChI=1S/C28H41N5O2/c1-19(2)23-7-6-8-24(17-23)34-20(3)26-29-30-27(33(26)5)22-11-9-21(10-12-22)25-18-28(35-31-25)13-15-32(4)16-14-28/h6-8,17,19-22H,9-16,18H2,1-5H3/t20?,21-,22-. The van der Waals surface area contributed by atoms with Crippen molar-refractivity contribution in [3.63, 3.8) is 0 Å². The Morgan fingerprint density at radius 1 is 1.00 bits per heavy atom. The van der Waals surface area contributed by atoms with Gasteiger partial charge in [0, 0.05) is 51.2 Å². The number of oxime groups is 1. The molecule has 0 N–H and O–H groups in total. The Bertz CT molecular complexity index is 1050. The van der Waals surface area contributed by atoms with Crippen molar-refractivity contribution in [1.82, 2.24) is 19.7 Å². The first-order valence-corrected chi connectivity index (χ1v) is 13.4. The topological polar surface area (TPSA) is 64.8 Å². The summed E-state index contributed by atoms with van der Waals surface area (Å²) in [7, 11) is 4.28. The Balaban J connectivity index is 1.18. The molecule has 1 aromatic heterocycles. The second-order valence-corrected chi connectivity index (χ2v) is 11.3. The maximum atomic E-state index is 6.26. The van der Waals surface area contributed by atoms with Gasteiger partial charge in [-0.1, -0.05) is 31.1 Å². The Kier molecular flexibility index (Phi) is 6.88. The summed E-state index contributed by atoms with van der Waals surface area (Å²) in [5.74, 6) is 4.32. The van der Waals surface area contributed by atoms with Crippen LogP contribution in [0.3, 0.4) is 0 Å². The number of hydrogen-bond acceptors (Lipinski definition) is 6. The fourth-order valence-electron chi connectivity index (χ4n) is 6.02. The minimum Gasteiger partial charge on any atom is -0.483 e. The van der Waals surface area contributed by atoms with Crippen LogP contribution in [-0.2, 0) is 11.9 Å². The zero-order valence-corrected chi connectivity index (χ0v) is 22.0. The SMILES string of the molecule is CC(C)c1cccc(OC(C)c2nnc([C@H]3CC[C@H](C4=NOC5(CCN(C)CC5)C4)CC3)n2C)c1. The highest BCUT2D eigenvalue weighted by Gasteiger charge is 2.43. The van der Waals surface area contributed by atoms with Crippen molar-refractivity contribution < 1.29 is 9.57 Å². The van der Waals surface area contributed by atoms with Crippen LogP contribution in [-0.4, -0.2) is 51.1 Å². The third-order valence-corrected chi connectivity index (χ3v) is 8.47. The first-order valence-electron chi connectivity index (χ1n) is 13.4. The third-order valence-electron chi connectivity index (χ3n) is 8.47. The molecule has 7 heteroatoms. The molecule has 35 heavy (non-hydrogen) atoms. The Morgan fingerprint density at radius 3 is 2.43 bits per heavy atom. The van der Waals surface area contributed by atoms with E-state index in [1.165, 1.54) is 11.3 Å². The molecule has 7 nitrogen and oxygen atoms in total. The average Bonchev–Trinajstić information content (AvgIpc) is 3.45. The predicted molar refractivity (Wildman–Crippen MR) is 138 cm³/mol. The van der Waals surface area contributed by atoms with E-state index in [4.69, 9.17) is 9.57 Å². The normalized spacial score (nSPS) is 25.5. The van der Waals surface area contributed by atoms with E-state index in [1.54, 1.807) is 0 Å². The molecule has 1 atom stereocenters. The molecular formula is C28H41N5O2. The fraction of sp³-hybridized carbons (Fsp3) is 0.679. The molecule has 3 heterocycles. The Labute approximate surface area is 209 Å². The van der Waals surface area contributed by atoms with E-state index in [1.807, 2.05) is 6.07 Å². The monoisotopic (exact) mass is 479 g/mol. The molecule has 1 saturated carbocycles. The van der Waals surface area contributed by atoms with Crippen LogP contribution in [0.1, 0.15) is 101 Å². The quantitative estimate of drug-likeness (QED) is 0.540. The van der Waals surface area contributed by atoms with E-state index in [9.17, 15) is 0 Å². The highest BCUT2D eigenvalue weighted by atomic mass is 16.7. The summed E-state index contributed by atoms with van der Waals surface area (Å²) in [6.45, 7) is 8.67. The molecule has 1 spiro atoms. The number of hydrogen-bond donors (Lipinski definition) is 0. The maximum Gasteiger partial charge on any atom is 0.173 e. The van der Waals surface area contributed by atoms with E-state index >= 15 is 0 Å². The lowest BCUT2D eigenvalue weighted by Crippen LogP contribution is -2.43. The largest absolute Gasteiger partial charge is 0.483 e. The molecule has 1 aliphatic carbocycles. The van der Waals surface area contributed by atoms with Crippen LogP contribution in [0.25, 0.3) is 0 Å². The van der Waals surface area contributed by atoms with Gasteiger partial charge in [-0.25, -0.2) is 0 Å². The number of aromatic nitrogens is 3. The molecular weight excluding hydrogens is 438 g/mol. The highest BCUT2D eigenvalue weighted by molar-refractivity contribution is 5.88. The van der Waals surface area contributed by atoms with Gasteiger partial charge in [0.2, 0.25) is 0 Å². The average molecular weight is 480 g/mol. The van der Waals surface area contributed by atoms with Crippen molar-refractivity contribution in [3.05, 3.63) is 41.5 Å². The van der Waals surface area contributed by atoms with Crippen molar-refractivity contribution in [1.29, 1.82) is 0 Å². The molecule has 0 amide bonds. The van der Waals surface area contributed by atoms with Gasteiger partial charge in [-0.3, -0.25) is 0 Å². The van der Waals surface area contributed by atoms with Crippen LogP contribution in [0.15, 0.2) is 29.4 Å². The van der Waals surface area contributed by atoms with Gasteiger partial charge in [-0.2, -0.15) is 0 Å². The molecule has 1 saturated heterocycles. The van der Waals surface area contributed by atoms with E-state index in [0.29, 0.717) is 17.8 Å². The smallest absolute Gasteiger partial charge is 0.173 e. The Hall–Kier alpha value is -2.41. The summed E-state index contributed by atoms with van der Waals surface area (Å²) in [5.41, 5.74) is 2.56. The van der Waals surface area contributed by atoms with Crippen LogP contribution in [0.2, 0.25) is 0 Å². The van der Waals surface area contributed by atoms with Crippen molar-refractivity contribution in [3.8, 4) is 5.75 Å². The Morgan fingerprint density at radius 2 is 1.71 bits per heavy atom. The molecule has 3 aliphatic rings. The second-order valence-electron chi connectivity index (χ2n) is 11.3. The van der Waals surface area contributed by atoms with Crippen LogP contribution < -0.4 is 4.74 Å². The van der Waals surface area contributed by atoms with Crippen molar-refractivity contribution in [2.24, 2.45) is 18.1 Å². The second kappa shape index (κ2) is 9.92. The van der Waals surface area contributed by atoms with Gasteiger partial charge < -0.3 is 19.0 Å². The summed E-state index contributed by atoms with van der Waals surface area (Å²) >= 11 is 0. The zero-order chi connectivity index (χ0) is 24.6. The summed E-state index contributed by atoms with van der Waals surface area (Å²) in [5, 5.41) is 13.8. The zero-order valence-electron chi connectivity index (χ0n) is 22.0. The molecule has 2 aliphatic heterocycles. The van der Waals surface area contributed by atoms with Gasteiger partial charge in [0.25, 0.3) is 0 Å². The van der Waals surface area contributed by atoms with Gasteiger partial charge in [0.05, 0.1) is 5.71 Å². The first kappa shape index (κ1) is 24.3. The molecule has 2 aromatic rings. The minimum absolute atomic E-state index is 0.0258. The van der Waals surface area contributed by atoms with E-state index in [2.05, 4.69) is 77.9 Å². The van der Waals surface area contributed by atoms with Crippen LogP contribution >= 0.6 is 0 Å².